The summed E-state index contributed by atoms with van der Waals surface area (Å²) in [7, 11) is 1.78. The second-order valence-electron chi connectivity index (χ2n) is 11.6. The van der Waals surface area contributed by atoms with Gasteiger partial charge in [0, 0.05) is 50.4 Å². The average molecular weight is 625 g/mol. The van der Waals surface area contributed by atoms with E-state index < -0.39 is 23.5 Å². The van der Waals surface area contributed by atoms with E-state index in [1.165, 1.54) is 35.4 Å². The Labute approximate surface area is 260 Å². The molecule has 11 nitrogen and oxygen atoms in total. The number of aryl methyl sites for hydroxylation is 1. The standard InChI is InChI=1S/C32H27F3N10O/c1-42-8-3-9-43-17-38-25-12-19(34)10-21(29(25)43)24-4-2-5-28(41-24)40-20-13-27(32(42)46)44(15-20)30-22-14-39-45(31(22)37-16-36-30)26-7-6-18(33)11-23(26)35/h2,4-7,10-12,14,16-17,20,27H,3,8-9,13,15H2,1H3,(H,40,41)/t20-,27-/m0/s1. The molecule has 0 spiro atoms. The van der Waals surface area contributed by atoms with Crippen molar-refractivity contribution in [3.05, 3.63) is 84.8 Å². The van der Waals surface area contributed by atoms with Gasteiger partial charge in [-0.15, -0.1) is 0 Å². The minimum Gasteiger partial charge on any atom is -0.365 e. The van der Waals surface area contributed by atoms with E-state index >= 15 is 0 Å². The van der Waals surface area contributed by atoms with E-state index in [-0.39, 0.29) is 17.6 Å². The summed E-state index contributed by atoms with van der Waals surface area (Å²) in [6.45, 7) is 1.44. The highest BCUT2D eigenvalue weighted by atomic mass is 19.1. The summed E-state index contributed by atoms with van der Waals surface area (Å²) in [6.07, 6.45) is 5.66. The van der Waals surface area contributed by atoms with Crippen molar-refractivity contribution in [2.45, 2.75) is 31.5 Å². The molecular formula is C32H27F3N10O. The number of carbonyl (C=O) groups excluding carboxylic acids is 1. The number of anilines is 2. The third-order valence-electron chi connectivity index (χ3n) is 8.66. The summed E-state index contributed by atoms with van der Waals surface area (Å²) in [4.78, 5) is 35.9. The maximum absolute atomic E-state index is 14.7. The van der Waals surface area contributed by atoms with Crippen molar-refractivity contribution in [3.63, 3.8) is 0 Å². The largest absolute Gasteiger partial charge is 0.365 e. The van der Waals surface area contributed by atoms with Crippen molar-refractivity contribution < 1.29 is 18.0 Å². The number of rotatable bonds is 2. The number of halogens is 3. The lowest BCUT2D eigenvalue weighted by Crippen LogP contribution is -2.45. The van der Waals surface area contributed by atoms with Gasteiger partial charge in [0.15, 0.2) is 11.5 Å². The Morgan fingerprint density at radius 3 is 2.74 bits per heavy atom. The third-order valence-corrected chi connectivity index (χ3v) is 8.66. The lowest BCUT2D eigenvalue weighted by Gasteiger charge is -2.29. The van der Waals surface area contributed by atoms with Crippen LogP contribution in [-0.2, 0) is 11.3 Å². The molecule has 4 aromatic heterocycles. The molecule has 46 heavy (non-hydrogen) atoms. The van der Waals surface area contributed by atoms with Gasteiger partial charge in [-0.25, -0.2) is 37.8 Å². The van der Waals surface area contributed by atoms with Crippen LogP contribution in [0.2, 0.25) is 0 Å². The highest BCUT2D eigenvalue weighted by Crippen LogP contribution is 2.34. The second-order valence-corrected chi connectivity index (χ2v) is 11.6. The van der Waals surface area contributed by atoms with Gasteiger partial charge in [-0.2, -0.15) is 5.10 Å². The predicted octanol–water partition coefficient (Wildman–Crippen LogP) is 4.57. The number of likely N-dealkylation sites (N-methyl/N-ethyl adjacent to an activating group) is 1. The molecule has 4 bridgehead atoms. The molecule has 2 aliphatic rings. The number of fused-ring (bicyclic) bond motifs is 6. The highest BCUT2D eigenvalue weighted by Gasteiger charge is 2.40. The molecule has 1 saturated heterocycles. The van der Waals surface area contributed by atoms with Gasteiger partial charge in [0.05, 0.1) is 34.6 Å². The average Bonchev–Trinajstić information content (AvgIpc) is 3.77. The number of pyridine rings is 1. The van der Waals surface area contributed by atoms with Crippen LogP contribution >= 0.6 is 0 Å². The number of imidazole rings is 1. The summed E-state index contributed by atoms with van der Waals surface area (Å²) in [6, 6.07) is 10.9. The van der Waals surface area contributed by atoms with Gasteiger partial charge in [0.1, 0.15) is 41.3 Å². The summed E-state index contributed by atoms with van der Waals surface area (Å²) in [5.41, 5.74) is 2.93. The Balaban J connectivity index is 1.19. The van der Waals surface area contributed by atoms with E-state index in [1.807, 2.05) is 27.7 Å². The molecule has 2 atom stereocenters. The summed E-state index contributed by atoms with van der Waals surface area (Å²) in [5, 5.41) is 8.35. The first-order valence-corrected chi connectivity index (χ1v) is 14.9. The summed E-state index contributed by atoms with van der Waals surface area (Å²) >= 11 is 0. The number of aromatic nitrogens is 7. The fraction of sp³-hybridized carbons (Fsp3) is 0.250. The second kappa shape index (κ2) is 10.8. The van der Waals surface area contributed by atoms with Crippen LogP contribution in [0.3, 0.4) is 0 Å². The third kappa shape index (κ3) is 4.68. The zero-order valence-electron chi connectivity index (χ0n) is 24.6. The monoisotopic (exact) mass is 624 g/mol. The zero-order chi connectivity index (χ0) is 31.5. The molecule has 6 heterocycles. The molecule has 2 aromatic carbocycles. The molecule has 14 heteroatoms. The van der Waals surface area contributed by atoms with Gasteiger partial charge < -0.3 is 19.7 Å². The van der Waals surface area contributed by atoms with E-state index in [9.17, 15) is 18.0 Å². The molecule has 1 fully saturated rings. The molecule has 0 aliphatic carbocycles. The zero-order valence-corrected chi connectivity index (χ0v) is 24.6. The lowest BCUT2D eigenvalue weighted by atomic mass is 10.1. The maximum Gasteiger partial charge on any atom is 0.245 e. The number of nitrogens with zero attached hydrogens (tertiary/aromatic N) is 9. The minimum absolute atomic E-state index is 0.0402. The topological polar surface area (TPSA) is 110 Å². The van der Waals surface area contributed by atoms with Crippen LogP contribution in [0, 0.1) is 17.5 Å². The van der Waals surface area contributed by atoms with Crippen LogP contribution in [0.4, 0.5) is 24.8 Å². The van der Waals surface area contributed by atoms with E-state index in [4.69, 9.17) is 4.98 Å². The van der Waals surface area contributed by atoms with Crippen LogP contribution in [0.25, 0.3) is 39.0 Å². The molecule has 1 N–H and O–H groups in total. The molecular weight excluding hydrogens is 597 g/mol. The fourth-order valence-electron chi connectivity index (χ4n) is 6.56. The van der Waals surface area contributed by atoms with Crippen molar-refractivity contribution >= 4 is 39.6 Å². The SMILES string of the molecule is CN1CCCn2cnc3cc(F)cc(c32)-c2cccc(n2)N[C@H]2C[C@@H](C1=O)N(c1ncnc3c1cnn3-c1ccc(F)cc1F)C2. The molecule has 0 saturated carbocycles. The normalized spacial score (nSPS) is 18.6. The molecule has 0 radical (unpaired) electrons. The summed E-state index contributed by atoms with van der Waals surface area (Å²) < 4.78 is 46.3. The minimum atomic E-state index is -0.782. The van der Waals surface area contributed by atoms with E-state index in [0.29, 0.717) is 71.9 Å². The van der Waals surface area contributed by atoms with Gasteiger partial charge in [0.25, 0.3) is 0 Å². The number of hydrogen-bond acceptors (Lipinski definition) is 8. The van der Waals surface area contributed by atoms with Crippen molar-refractivity contribution in [1.29, 1.82) is 0 Å². The Kier molecular flexibility index (Phi) is 6.58. The first kappa shape index (κ1) is 28.0. The highest BCUT2D eigenvalue weighted by molar-refractivity contribution is 5.93. The van der Waals surface area contributed by atoms with Crippen molar-refractivity contribution in [2.75, 3.05) is 30.4 Å². The van der Waals surface area contributed by atoms with Crippen molar-refractivity contribution in [2.24, 2.45) is 0 Å². The van der Waals surface area contributed by atoms with Crippen LogP contribution in [0.1, 0.15) is 12.8 Å². The van der Waals surface area contributed by atoms with Crippen molar-refractivity contribution in [1.82, 2.24) is 39.2 Å². The van der Waals surface area contributed by atoms with Gasteiger partial charge >= 0.3 is 0 Å². The van der Waals surface area contributed by atoms with Gasteiger partial charge in [-0.1, -0.05) is 6.07 Å². The van der Waals surface area contributed by atoms with Gasteiger partial charge in [-0.3, -0.25) is 4.79 Å². The molecule has 232 valence electrons. The first-order valence-electron chi connectivity index (χ1n) is 14.9. The van der Waals surface area contributed by atoms with E-state index in [0.717, 1.165) is 17.6 Å². The van der Waals surface area contributed by atoms with Gasteiger partial charge in [0.2, 0.25) is 5.91 Å². The molecule has 6 aromatic rings. The molecule has 2 aliphatic heterocycles. The number of amides is 1. The molecule has 1 amide bonds. The number of nitrogens with one attached hydrogen (secondary N) is 1. The number of hydrogen-bond donors (Lipinski definition) is 1. The van der Waals surface area contributed by atoms with Crippen molar-refractivity contribution in [3.8, 4) is 16.9 Å². The van der Waals surface area contributed by atoms with Crippen LogP contribution in [0.15, 0.2) is 67.4 Å². The number of benzene rings is 2. The Bertz CT molecular complexity index is 2150. The summed E-state index contributed by atoms with van der Waals surface area (Å²) in [5.74, 6) is -0.905. The van der Waals surface area contributed by atoms with Crippen LogP contribution < -0.4 is 10.2 Å². The Morgan fingerprint density at radius 1 is 0.978 bits per heavy atom. The maximum atomic E-state index is 14.7. The molecule has 0 unspecified atom stereocenters. The number of carbonyl (C=O) groups is 1. The molecule has 8 rings (SSSR count). The van der Waals surface area contributed by atoms with Crippen LogP contribution in [-0.4, -0.2) is 77.3 Å². The fourth-order valence-corrected chi connectivity index (χ4v) is 6.56. The Hall–Kier alpha value is -5.53. The smallest absolute Gasteiger partial charge is 0.245 e. The Morgan fingerprint density at radius 2 is 1.87 bits per heavy atom. The van der Waals surface area contributed by atoms with E-state index in [1.54, 1.807) is 18.3 Å². The predicted molar refractivity (Wildman–Crippen MR) is 165 cm³/mol. The lowest BCUT2D eigenvalue weighted by molar-refractivity contribution is -0.131. The van der Waals surface area contributed by atoms with Crippen LogP contribution in [0.5, 0.6) is 0 Å². The first-order chi connectivity index (χ1) is 22.3. The van der Waals surface area contributed by atoms with Gasteiger partial charge in [-0.05, 0) is 43.2 Å². The van der Waals surface area contributed by atoms with E-state index in [2.05, 4.69) is 25.4 Å². The quantitative estimate of drug-likeness (QED) is 0.299.